The van der Waals surface area contributed by atoms with Crippen LogP contribution in [0, 0.1) is 16.7 Å². The highest BCUT2D eigenvalue weighted by Gasteiger charge is 2.24. The number of carbonyl (C=O) groups excluding carboxylic acids is 1. The van der Waals surface area contributed by atoms with Gasteiger partial charge in [0.2, 0.25) is 5.91 Å². The van der Waals surface area contributed by atoms with Crippen LogP contribution in [0.3, 0.4) is 0 Å². The van der Waals surface area contributed by atoms with E-state index in [1.54, 1.807) is 0 Å². The summed E-state index contributed by atoms with van der Waals surface area (Å²) in [7, 11) is 0. The number of nitriles is 1. The molecule has 0 aliphatic carbocycles. The lowest BCUT2D eigenvalue weighted by atomic mass is 9.87. The van der Waals surface area contributed by atoms with Gasteiger partial charge in [-0.15, -0.1) is 0 Å². The van der Waals surface area contributed by atoms with Gasteiger partial charge in [0, 0.05) is 19.5 Å². The van der Waals surface area contributed by atoms with Crippen molar-refractivity contribution in [3.8, 4) is 6.07 Å². The van der Waals surface area contributed by atoms with E-state index < -0.39 is 0 Å². The van der Waals surface area contributed by atoms with Crippen LogP contribution < -0.4 is 10.6 Å². The molecular formula is C13H23N3O. The molecule has 1 amide bonds. The molecule has 1 rings (SSSR count). The SMILES string of the molecule is CC(C)(CCC#N)CNC1CCCCNC1=O. The zero-order valence-corrected chi connectivity index (χ0v) is 10.9. The topological polar surface area (TPSA) is 64.9 Å². The predicted molar refractivity (Wildman–Crippen MR) is 67.3 cm³/mol. The van der Waals surface area contributed by atoms with Crippen LogP contribution in [0.15, 0.2) is 0 Å². The zero-order chi connectivity index (χ0) is 12.7. The number of amides is 1. The molecule has 1 aliphatic heterocycles. The highest BCUT2D eigenvalue weighted by atomic mass is 16.2. The first-order valence-electron chi connectivity index (χ1n) is 6.43. The zero-order valence-electron chi connectivity index (χ0n) is 10.9. The monoisotopic (exact) mass is 237 g/mol. The maximum absolute atomic E-state index is 11.7. The van der Waals surface area contributed by atoms with Crippen LogP contribution in [0.25, 0.3) is 0 Å². The fraction of sp³-hybridized carbons (Fsp3) is 0.846. The lowest BCUT2D eigenvalue weighted by Gasteiger charge is -2.26. The van der Waals surface area contributed by atoms with Crippen LogP contribution in [-0.4, -0.2) is 25.0 Å². The van der Waals surface area contributed by atoms with Crippen molar-refractivity contribution in [1.29, 1.82) is 5.26 Å². The summed E-state index contributed by atoms with van der Waals surface area (Å²) in [6.45, 7) is 5.85. The first-order chi connectivity index (χ1) is 8.05. The Morgan fingerprint density at radius 2 is 2.29 bits per heavy atom. The van der Waals surface area contributed by atoms with Gasteiger partial charge in [0.1, 0.15) is 0 Å². The van der Waals surface area contributed by atoms with Crippen molar-refractivity contribution < 1.29 is 4.79 Å². The summed E-state index contributed by atoms with van der Waals surface area (Å²) in [5.74, 6) is 0.124. The van der Waals surface area contributed by atoms with Crippen molar-refractivity contribution in [2.45, 2.75) is 52.0 Å². The van der Waals surface area contributed by atoms with E-state index in [0.29, 0.717) is 6.42 Å². The minimum absolute atomic E-state index is 0.0566. The highest BCUT2D eigenvalue weighted by molar-refractivity contribution is 5.81. The van der Waals surface area contributed by atoms with E-state index in [4.69, 9.17) is 5.26 Å². The third-order valence-electron chi connectivity index (χ3n) is 3.28. The summed E-state index contributed by atoms with van der Waals surface area (Å²) in [5, 5.41) is 14.9. The van der Waals surface area contributed by atoms with Crippen LogP contribution in [0.4, 0.5) is 0 Å². The minimum Gasteiger partial charge on any atom is -0.355 e. The van der Waals surface area contributed by atoms with Gasteiger partial charge >= 0.3 is 0 Å². The Labute approximate surface area is 104 Å². The van der Waals surface area contributed by atoms with Gasteiger partial charge in [-0.1, -0.05) is 13.8 Å². The van der Waals surface area contributed by atoms with Crippen LogP contribution in [0.1, 0.15) is 46.0 Å². The molecule has 0 aromatic rings. The fourth-order valence-electron chi connectivity index (χ4n) is 2.02. The van der Waals surface area contributed by atoms with Gasteiger partial charge in [-0.25, -0.2) is 0 Å². The molecule has 1 heterocycles. The molecular weight excluding hydrogens is 214 g/mol. The van der Waals surface area contributed by atoms with Gasteiger partial charge < -0.3 is 10.6 Å². The second kappa shape index (κ2) is 6.61. The number of nitrogens with zero attached hydrogens (tertiary/aromatic N) is 1. The third kappa shape index (κ3) is 5.18. The Bertz CT molecular complexity index is 294. The standard InChI is InChI=1S/C13H23N3O/c1-13(2,7-5-8-14)10-16-11-6-3-4-9-15-12(11)17/h11,16H,3-7,9-10H2,1-2H3,(H,15,17). The summed E-state index contributed by atoms with van der Waals surface area (Å²) in [4.78, 5) is 11.7. The number of hydrogen-bond donors (Lipinski definition) is 2. The molecule has 1 fully saturated rings. The predicted octanol–water partition coefficient (Wildman–Crippen LogP) is 1.57. The molecule has 2 N–H and O–H groups in total. The van der Waals surface area contributed by atoms with Crippen molar-refractivity contribution in [2.24, 2.45) is 5.41 Å². The van der Waals surface area contributed by atoms with E-state index in [2.05, 4.69) is 30.6 Å². The number of carbonyl (C=O) groups is 1. The molecule has 0 aromatic heterocycles. The lowest BCUT2D eigenvalue weighted by Crippen LogP contribution is -2.46. The molecule has 0 saturated carbocycles. The van der Waals surface area contributed by atoms with Crippen molar-refractivity contribution in [3.63, 3.8) is 0 Å². The third-order valence-corrected chi connectivity index (χ3v) is 3.28. The van der Waals surface area contributed by atoms with Gasteiger partial charge in [0.05, 0.1) is 12.1 Å². The molecule has 4 heteroatoms. The first kappa shape index (κ1) is 14.0. The Balaban J connectivity index is 2.37. The summed E-state index contributed by atoms with van der Waals surface area (Å²) in [6, 6.07) is 2.12. The van der Waals surface area contributed by atoms with Crippen LogP contribution in [0.2, 0.25) is 0 Å². The van der Waals surface area contributed by atoms with Crippen molar-refractivity contribution in [3.05, 3.63) is 0 Å². The van der Waals surface area contributed by atoms with E-state index in [1.807, 2.05) is 0 Å². The highest BCUT2D eigenvalue weighted by Crippen LogP contribution is 2.21. The van der Waals surface area contributed by atoms with Crippen LogP contribution in [0.5, 0.6) is 0 Å². The summed E-state index contributed by atoms with van der Waals surface area (Å²) in [6.07, 6.45) is 4.52. The summed E-state index contributed by atoms with van der Waals surface area (Å²) >= 11 is 0. The molecule has 0 bridgehead atoms. The van der Waals surface area contributed by atoms with Gasteiger partial charge in [-0.3, -0.25) is 4.79 Å². The van der Waals surface area contributed by atoms with Gasteiger partial charge in [0.25, 0.3) is 0 Å². The maximum Gasteiger partial charge on any atom is 0.237 e. The van der Waals surface area contributed by atoms with Gasteiger partial charge in [0.15, 0.2) is 0 Å². The van der Waals surface area contributed by atoms with E-state index in [1.165, 1.54) is 0 Å². The van der Waals surface area contributed by atoms with Crippen molar-refractivity contribution in [1.82, 2.24) is 10.6 Å². The molecule has 1 saturated heterocycles. The average Bonchev–Trinajstić information content (AvgIpc) is 2.49. The van der Waals surface area contributed by atoms with E-state index in [9.17, 15) is 4.79 Å². The Morgan fingerprint density at radius 1 is 1.53 bits per heavy atom. The Morgan fingerprint density at radius 3 is 3.00 bits per heavy atom. The quantitative estimate of drug-likeness (QED) is 0.763. The van der Waals surface area contributed by atoms with E-state index >= 15 is 0 Å². The normalized spacial score (nSPS) is 21.5. The second-order valence-corrected chi connectivity index (χ2v) is 5.54. The molecule has 0 radical (unpaired) electrons. The number of nitrogens with one attached hydrogen (secondary N) is 2. The molecule has 96 valence electrons. The summed E-state index contributed by atoms with van der Waals surface area (Å²) < 4.78 is 0. The van der Waals surface area contributed by atoms with Crippen molar-refractivity contribution >= 4 is 5.91 Å². The molecule has 0 aromatic carbocycles. The largest absolute Gasteiger partial charge is 0.355 e. The fourth-order valence-corrected chi connectivity index (χ4v) is 2.02. The number of hydrogen-bond acceptors (Lipinski definition) is 3. The van der Waals surface area contributed by atoms with E-state index in [0.717, 1.165) is 38.8 Å². The molecule has 4 nitrogen and oxygen atoms in total. The minimum atomic E-state index is -0.0566. The molecule has 0 spiro atoms. The van der Waals surface area contributed by atoms with Gasteiger partial charge in [-0.2, -0.15) is 5.26 Å². The average molecular weight is 237 g/mol. The lowest BCUT2D eigenvalue weighted by molar-refractivity contribution is -0.122. The van der Waals surface area contributed by atoms with Crippen LogP contribution in [-0.2, 0) is 4.79 Å². The Hall–Kier alpha value is -1.08. The van der Waals surface area contributed by atoms with Crippen molar-refractivity contribution in [2.75, 3.05) is 13.1 Å². The van der Waals surface area contributed by atoms with E-state index in [-0.39, 0.29) is 17.4 Å². The van der Waals surface area contributed by atoms with Crippen LogP contribution >= 0.6 is 0 Å². The Kier molecular flexibility index (Phi) is 5.43. The second-order valence-electron chi connectivity index (χ2n) is 5.54. The molecule has 1 unspecified atom stereocenters. The number of rotatable bonds is 5. The summed E-state index contributed by atoms with van der Waals surface area (Å²) in [5.41, 5.74) is 0.0717. The molecule has 1 aliphatic rings. The molecule has 1 atom stereocenters. The smallest absolute Gasteiger partial charge is 0.237 e. The first-order valence-corrected chi connectivity index (χ1v) is 6.43. The maximum atomic E-state index is 11.7. The van der Waals surface area contributed by atoms with Gasteiger partial charge in [-0.05, 0) is 31.1 Å². The molecule has 17 heavy (non-hydrogen) atoms.